The summed E-state index contributed by atoms with van der Waals surface area (Å²) in [7, 11) is 3.18. The molecule has 2 heterocycles. The highest BCUT2D eigenvalue weighted by molar-refractivity contribution is 7.18. The second-order valence-electron chi connectivity index (χ2n) is 5.78. The van der Waals surface area contributed by atoms with Gasteiger partial charge < -0.3 is 19.7 Å². The van der Waals surface area contributed by atoms with Crippen molar-refractivity contribution in [2.45, 2.75) is 13.8 Å². The Hall–Kier alpha value is -2.72. The first-order valence-corrected chi connectivity index (χ1v) is 9.98. The van der Waals surface area contributed by atoms with Gasteiger partial charge >= 0.3 is 11.9 Å². The van der Waals surface area contributed by atoms with E-state index in [4.69, 9.17) is 9.47 Å². The highest BCUT2D eigenvalue weighted by Crippen LogP contribution is 2.34. The third-order valence-corrected chi connectivity index (χ3v) is 5.58. The van der Waals surface area contributed by atoms with Crippen LogP contribution < -0.4 is 5.32 Å². The summed E-state index contributed by atoms with van der Waals surface area (Å²) in [5.41, 5.74) is 0.544. The molecule has 0 unspecified atom stereocenters. The number of esters is 2. The summed E-state index contributed by atoms with van der Waals surface area (Å²) in [6.45, 7) is 2.91. The monoisotopic (exact) mass is 424 g/mol. The molecule has 2 aromatic rings. The maximum atomic E-state index is 12.3. The van der Waals surface area contributed by atoms with Crippen LogP contribution in [0.5, 0.6) is 0 Å². The molecule has 2 amide bonds. The van der Waals surface area contributed by atoms with Crippen LogP contribution in [0.3, 0.4) is 0 Å². The fourth-order valence-electron chi connectivity index (χ4n) is 2.22. The number of thiophene rings is 2. The van der Waals surface area contributed by atoms with E-state index >= 15 is 0 Å². The molecule has 0 aromatic carbocycles. The Bertz CT molecular complexity index is 886. The van der Waals surface area contributed by atoms with Crippen LogP contribution in [0, 0.1) is 6.92 Å². The zero-order valence-corrected chi connectivity index (χ0v) is 17.5. The number of hydrogen-bond donors (Lipinski definition) is 1. The van der Waals surface area contributed by atoms with Crippen LogP contribution in [-0.4, -0.2) is 56.0 Å². The molecule has 0 bridgehead atoms. The van der Waals surface area contributed by atoms with Gasteiger partial charge in [0.2, 0.25) is 0 Å². The van der Waals surface area contributed by atoms with E-state index in [9.17, 15) is 19.2 Å². The topological polar surface area (TPSA) is 102 Å². The van der Waals surface area contributed by atoms with Crippen molar-refractivity contribution in [2.75, 3.05) is 32.6 Å². The summed E-state index contributed by atoms with van der Waals surface area (Å²) in [5.74, 6) is -2.17. The average molecular weight is 425 g/mol. The molecule has 0 aliphatic rings. The minimum atomic E-state index is -0.639. The predicted molar refractivity (Wildman–Crippen MR) is 106 cm³/mol. The Balaban J connectivity index is 2.19. The molecule has 10 heteroatoms. The summed E-state index contributed by atoms with van der Waals surface area (Å²) in [6.07, 6.45) is 0. The van der Waals surface area contributed by atoms with E-state index in [0.29, 0.717) is 15.3 Å². The second kappa shape index (κ2) is 9.47. The van der Waals surface area contributed by atoms with E-state index in [-0.39, 0.29) is 23.1 Å². The number of carbonyl (C=O) groups is 4. The minimum Gasteiger partial charge on any atom is -0.462 e. The molecule has 0 aliphatic carbocycles. The van der Waals surface area contributed by atoms with E-state index in [1.807, 2.05) is 0 Å². The first-order chi connectivity index (χ1) is 13.3. The maximum absolute atomic E-state index is 12.3. The minimum absolute atomic E-state index is 0.120. The highest BCUT2D eigenvalue weighted by atomic mass is 32.1. The van der Waals surface area contributed by atoms with Gasteiger partial charge in [0.1, 0.15) is 9.88 Å². The van der Waals surface area contributed by atoms with Crippen LogP contribution >= 0.6 is 22.7 Å². The number of amides is 2. The number of rotatable bonds is 7. The molecule has 0 saturated carbocycles. The zero-order chi connectivity index (χ0) is 20.8. The molecule has 0 saturated heterocycles. The summed E-state index contributed by atoms with van der Waals surface area (Å²) in [4.78, 5) is 50.8. The fraction of sp³-hybridized carbons (Fsp3) is 0.333. The van der Waals surface area contributed by atoms with Crippen LogP contribution in [0.4, 0.5) is 5.00 Å². The van der Waals surface area contributed by atoms with Crippen molar-refractivity contribution in [3.63, 3.8) is 0 Å². The molecular formula is C18H20N2O6S2. The first-order valence-electron chi connectivity index (χ1n) is 8.28. The van der Waals surface area contributed by atoms with Crippen molar-refractivity contribution < 1.29 is 28.7 Å². The van der Waals surface area contributed by atoms with Gasteiger partial charge in [-0.2, -0.15) is 0 Å². The Morgan fingerprint density at radius 3 is 2.43 bits per heavy atom. The van der Waals surface area contributed by atoms with Crippen molar-refractivity contribution in [1.82, 2.24) is 4.90 Å². The lowest BCUT2D eigenvalue weighted by molar-refractivity contribution is -0.119. The number of hydrogen-bond acceptors (Lipinski definition) is 8. The maximum Gasteiger partial charge on any atom is 0.348 e. The van der Waals surface area contributed by atoms with Gasteiger partial charge in [-0.15, -0.1) is 22.7 Å². The summed E-state index contributed by atoms with van der Waals surface area (Å²) < 4.78 is 10.0. The molecule has 28 heavy (non-hydrogen) atoms. The zero-order valence-electron chi connectivity index (χ0n) is 15.9. The second-order valence-corrected chi connectivity index (χ2v) is 7.75. The first kappa shape index (κ1) is 21.6. The summed E-state index contributed by atoms with van der Waals surface area (Å²) >= 11 is 2.18. The lowest BCUT2D eigenvalue weighted by Crippen LogP contribution is -2.21. The van der Waals surface area contributed by atoms with Crippen LogP contribution in [0.1, 0.15) is 42.2 Å². The molecule has 150 valence electrons. The van der Waals surface area contributed by atoms with Crippen molar-refractivity contribution in [1.29, 1.82) is 0 Å². The van der Waals surface area contributed by atoms with Crippen molar-refractivity contribution in [3.8, 4) is 0 Å². The molecule has 0 fully saturated rings. The molecule has 0 spiro atoms. The third-order valence-electron chi connectivity index (χ3n) is 3.54. The van der Waals surface area contributed by atoms with Gasteiger partial charge in [-0.05, 0) is 30.9 Å². The fourth-order valence-corrected chi connectivity index (χ4v) is 4.07. The van der Waals surface area contributed by atoms with Crippen LogP contribution in [-0.2, 0) is 14.3 Å². The van der Waals surface area contributed by atoms with Gasteiger partial charge in [0.25, 0.3) is 11.8 Å². The third kappa shape index (κ3) is 4.96. The van der Waals surface area contributed by atoms with Crippen LogP contribution in [0.15, 0.2) is 17.5 Å². The highest BCUT2D eigenvalue weighted by Gasteiger charge is 2.27. The molecule has 0 aliphatic heterocycles. The Morgan fingerprint density at radius 1 is 1.14 bits per heavy atom. The molecule has 8 nitrogen and oxygen atoms in total. The Morgan fingerprint density at radius 2 is 1.86 bits per heavy atom. The lowest BCUT2D eigenvalue weighted by Gasteiger charge is -2.09. The smallest absolute Gasteiger partial charge is 0.348 e. The Labute approximate surface area is 170 Å². The van der Waals surface area contributed by atoms with Gasteiger partial charge in [0, 0.05) is 14.1 Å². The Kier molecular flexibility index (Phi) is 7.30. The van der Waals surface area contributed by atoms with Crippen molar-refractivity contribution in [3.05, 3.63) is 38.4 Å². The molecule has 1 N–H and O–H groups in total. The van der Waals surface area contributed by atoms with Crippen molar-refractivity contribution >= 4 is 51.4 Å². The number of anilines is 1. The van der Waals surface area contributed by atoms with E-state index in [1.165, 1.54) is 16.2 Å². The van der Waals surface area contributed by atoms with Gasteiger partial charge in [-0.25, -0.2) is 9.59 Å². The van der Waals surface area contributed by atoms with Gasteiger partial charge in [0.15, 0.2) is 6.61 Å². The molecule has 0 radical (unpaired) electrons. The number of nitrogens with zero attached hydrogens (tertiary/aromatic N) is 1. The SMILES string of the molecule is CCOC(=O)c1c(NC(=O)COC(=O)c2cccs2)sc(C(=O)N(C)C)c1C. The van der Waals surface area contributed by atoms with Crippen molar-refractivity contribution in [2.24, 2.45) is 0 Å². The average Bonchev–Trinajstić information content (AvgIpc) is 3.27. The number of carbonyl (C=O) groups excluding carboxylic acids is 4. The molecule has 0 atom stereocenters. The van der Waals surface area contributed by atoms with E-state index < -0.39 is 24.5 Å². The summed E-state index contributed by atoms with van der Waals surface area (Å²) in [5, 5.41) is 4.44. The lowest BCUT2D eigenvalue weighted by atomic mass is 10.1. The van der Waals surface area contributed by atoms with Crippen LogP contribution in [0.2, 0.25) is 0 Å². The number of nitrogens with one attached hydrogen (secondary N) is 1. The molecule has 2 aromatic heterocycles. The van der Waals surface area contributed by atoms with Crippen LogP contribution in [0.25, 0.3) is 0 Å². The van der Waals surface area contributed by atoms with Gasteiger partial charge in [-0.3, -0.25) is 9.59 Å². The molecule has 2 rings (SSSR count). The molecular weight excluding hydrogens is 404 g/mol. The van der Waals surface area contributed by atoms with E-state index in [1.54, 1.807) is 45.5 Å². The quantitative estimate of drug-likeness (QED) is 0.686. The normalized spacial score (nSPS) is 10.3. The largest absolute Gasteiger partial charge is 0.462 e. The van der Waals surface area contributed by atoms with Gasteiger partial charge in [-0.1, -0.05) is 6.07 Å². The summed E-state index contributed by atoms with van der Waals surface area (Å²) in [6, 6.07) is 3.29. The predicted octanol–water partition coefficient (Wildman–Crippen LogP) is 2.79. The van der Waals surface area contributed by atoms with E-state index in [0.717, 1.165) is 11.3 Å². The number of ether oxygens (including phenoxy) is 2. The van der Waals surface area contributed by atoms with E-state index in [2.05, 4.69) is 5.32 Å². The van der Waals surface area contributed by atoms with Gasteiger partial charge in [0.05, 0.1) is 17.0 Å². The standard InChI is InChI=1S/C18H20N2O6S2/c1-5-25-18(24)13-10(2)14(16(22)20(3)4)28-15(13)19-12(21)9-26-17(23)11-7-6-8-27-11/h6-8H,5,9H2,1-4H3,(H,19,21).